The molecule has 0 aromatic heterocycles. The Kier molecular flexibility index (Phi) is 9.30. The van der Waals surface area contributed by atoms with Crippen LogP contribution in [0.15, 0.2) is 30.9 Å². The van der Waals surface area contributed by atoms with E-state index in [1.807, 2.05) is 5.32 Å². The van der Waals surface area contributed by atoms with E-state index in [0.29, 0.717) is 18.1 Å². The van der Waals surface area contributed by atoms with Crippen LogP contribution < -0.4 is 20.1 Å². The number of carbonyl (C=O) groups is 3. The molecule has 8 nitrogen and oxygen atoms in total. The van der Waals surface area contributed by atoms with Crippen LogP contribution in [-0.4, -0.2) is 44.8 Å². The minimum Gasteiger partial charge on any atom is -0.493 e. The molecule has 1 aromatic carbocycles. The first kappa shape index (κ1) is 21.0. The maximum Gasteiger partial charge on any atom is 0.338 e. The summed E-state index contributed by atoms with van der Waals surface area (Å²) in [6.07, 6.45) is 3.37. The van der Waals surface area contributed by atoms with Gasteiger partial charge in [-0.25, -0.2) is 9.59 Å². The molecular formula is C18H24N2O6. The number of imide groups is 1. The number of unbranched alkanes of at least 4 members (excludes halogenated alkanes) is 1. The highest BCUT2D eigenvalue weighted by Crippen LogP contribution is 2.28. The van der Waals surface area contributed by atoms with Crippen LogP contribution in [0.2, 0.25) is 0 Å². The second kappa shape index (κ2) is 11.5. The predicted molar refractivity (Wildman–Crippen MR) is 95.4 cm³/mol. The molecule has 2 N–H and O–H groups in total. The molecule has 0 aliphatic heterocycles. The Morgan fingerprint density at radius 1 is 1.23 bits per heavy atom. The van der Waals surface area contributed by atoms with E-state index >= 15 is 0 Å². The number of nitrogens with one attached hydrogen (secondary N) is 2. The molecule has 1 rings (SSSR count). The van der Waals surface area contributed by atoms with Crippen molar-refractivity contribution in [2.45, 2.75) is 19.8 Å². The number of benzene rings is 1. The summed E-state index contributed by atoms with van der Waals surface area (Å²) in [5, 5.41) is 4.39. The number of esters is 1. The Morgan fingerprint density at radius 3 is 2.65 bits per heavy atom. The van der Waals surface area contributed by atoms with Crippen LogP contribution in [0.3, 0.4) is 0 Å². The van der Waals surface area contributed by atoms with Crippen LogP contribution in [-0.2, 0) is 9.53 Å². The number of methoxy groups -OCH3 is 1. The summed E-state index contributed by atoms with van der Waals surface area (Å²) in [6.45, 7) is 5.66. The quantitative estimate of drug-likeness (QED) is 0.374. The van der Waals surface area contributed by atoms with Crippen LogP contribution in [0.25, 0.3) is 0 Å². The minimum absolute atomic E-state index is 0.202. The Labute approximate surface area is 152 Å². The van der Waals surface area contributed by atoms with Crippen molar-refractivity contribution in [3.05, 3.63) is 36.4 Å². The Balaban J connectivity index is 2.57. The van der Waals surface area contributed by atoms with Gasteiger partial charge < -0.3 is 19.5 Å². The maximum atomic E-state index is 12.0. The molecule has 26 heavy (non-hydrogen) atoms. The number of carbonyl (C=O) groups excluding carboxylic acids is 3. The third kappa shape index (κ3) is 7.25. The molecule has 0 radical (unpaired) electrons. The highest BCUT2D eigenvalue weighted by Gasteiger charge is 2.15. The fraction of sp³-hybridized carbons (Fsp3) is 0.389. The summed E-state index contributed by atoms with van der Waals surface area (Å²) in [4.78, 5) is 34.9. The van der Waals surface area contributed by atoms with Crippen LogP contribution in [0.1, 0.15) is 30.1 Å². The van der Waals surface area contributed by atoms with E-state index in [4.69, 9.17) is 14.2 Å². The van der Waals surface area contributed by atoms with Gasteiger partial charge in [0, 0.05) is 6.54 Å². The lowest BCUT2D eigenvalue weighted by Gasteiger charge is -2.12. The second-order valence-corrected chi connectivity index (χ2v) is 5.19. The molecule has 142 valence electrons. The van der Waals surface area contributed by atoms with Crippen molar-refractivity contribution in [1.82, 2.24) is 10.6 Å². The van der Waals surface area contributed by atoms with E-state index in [2.05, 4.69) is 18.8 Å². The van der Waals surface area contributed by atoms with E-state index in [9.17, 15) is 14.4 Å². The van der Waals surface area contributed by atoms with Gasteiger partial charge in [0.15, 0.2) is 18.1 Å². The van der Waals surface area contributed by atoms with Gasteiger partial charge in [-0.05, 0) is 24.6 Å². The summed E-state index contributed by atoms with van der Waals surface area (Å²) in [5.41, 5.74) is 0.202. The second-order valence-electron chi connectivity index (χ2n) is 5.19. The average Bonchev–Trinajstić information content (AvgIpc) is 2.64. The van der Waals surface area contributed by atoms with Crippen molar-refractivity contribution in [3.63, 3.8) is 0 Å². The molecule has 0 bridgehead atoms. The number of hydrogen-bond donors (Lipinski definition) is 2. The van der Waals surface area contributed by atoms with Gasteiger partial charge in [-0.2, -0.15) is 0 Å². The normalized spacial score (nSPS) is 9.77. The zero-order valence-electron chi connectivity index (χ0n) is 15.0. The standard InChI is InChI=1S/C18H24N2O6/c1-4-6-10-25-14-8-7-13(11-15(14)24-3)17(22)26-12-16(21)20-18(23)19-9-5-2/h5,7-8,11H,2,4,6,9-10,12H2,1,3H3,(H2,19,20,21,23). The topological polar surface area (TPSA) is 103 Å². The van der Waals surface area contributed by atoms with Crippen molar-refractivity contribution in [2.24, 2.45) is 0 Å². The fourth-order valence-corrected chi connectivity index (χ4v) is 1.83. The van der Waals surface area contributed by atoms with E-state index in [-0.39, 0.29) is 12.1 Å². The lowest BCUT2D eigenvalue weighted by molar-refractivity contribution is -0.123. The van der Waals surface area contributed by atoms with Gasteiger partial charge in [0.1, 0.15) is 0 Å². The number of amides is 3. The summed E-state index contributed by atoms with van der Waals surface area (Å²) in [5.74, 6) is -0.547. The lowest BCUT2D eigenvalue weighted by Crippen LogP contribution is -2.41. The molecule has 0 unspecified atom stereocenters. The van der Waals surface area contributed by atoms with Crippen LogP contribution >= 0.6 is 0 Å². The molecule has 0 atom stereocenters. The molecule has 0 aliphatic carbocycles. The first-order chi connectivity index (χ1) is 12.5. The molecule has 0 spiro atoms. The van der Waals surface area contributed by atoms with Gasteiger partial charge in [-0.15, -0.1) is 6.58 Å². The first-order valence-electron chi connectivity index (χ1n) is 8.18. The van der Waals surface area contributed by atoms with E-state index in [1.54, 1.807) is 6.07 Å². The van der Waals surface area contributed by atoms with E-state index in [0.717, 1.165) is 12.8 Å². The van der Waals surface area contributed by atoms with Crippen molar-refractivity contribution < 1.29 is 28.6 Å². The number of urea groups is 1. The number of ether oxygens (including phenoxy) is 3. The highest BCUT2D eigenvalue weighted by molar-refractivity contribution is 5.97. The van der Waals surface area contributed by atoms with Crippen molar-refractivity contribution >= 4 is 17.9 Å². The smallest absolute Gasteiger partial charge is 0.338 e. The van der Waals surface area contributed by atoms with E-state index in [1.165, 1.54) is 25.3 Å². The van der Waals surface area contributed by atoms with Gasteiger partial charge in [0.25, 0.3) is 5.91 Å². The Hall–Kier alpha value is -3.03. The number of rotatable bonds is 10. The zero-order valence-corrected chi connectivity index (χ0v) is 15.0. The largest absolute Gasteiger partial charge is 0.493 e. The average molecular weight is 364 g/mol. The third-order valence-corrected chi connectivity index (χ3v) is 3.15. The summed E-state index contributed by atoms with van der Waals surface area (Å²) in [6, 6.07) is 3.90. The molecule has 0 saturated carbocycles. The molecule has 0 saturated heterocycles. The van der Waals surface area contributed by atoms with Crippen molar-refractivity contribution in [1.29, 1.82) is 0 Å². The molecule has 8 heteroatoms. The molecule has 0 aliphatic rings. The maximum absolute atomic E-state index is 12.0. The van der Waals surface area contributed by atoms with Crippen molar-refractivity contribution in [3.8, 4) is 11.5 Å². The Bertz CT molecular complexity index is 645. The highest BCUT2D eigenvalue weighted by atomic mass is 16.5. The lowest BCUT2D eigenvalue weighted by atomic mass is 10.2. The summed E-state index contributed by atoms with van der Waals surface area (Å²) in [7, 11) is 1.46. The van der Waals surface area contributed by atoms with Gasteiger partial charge >= 0.3 is 12.0 Å². The monoisotopic (exact) mass is 364 g/mol. The third-order valence-electron chi connectivity index (χ3n) is 3.15. The van der Waals surface area contributed by atoms with Crippen LogP contribution in [0.4, 0.5) is 4.79 Å². The molecule has 3 amide bonds. The minimum atomic E-state index is -0.744. The van der Waals surface area contributed by atoms with Gasteiger partial charge in [0.2, 0.25) is 0 Å². The SMILES string of the molecule is C=CCNC(=O)NC(=O)COC(=O)c1ccc(OCCCC)c(OC)c1. The van der Waals surface area contributed by atoms with E-state index < -0.39 is 24.5 Å². The zero-order chi connectivity index (χ0) is 19.4. The van der Waals surface area contributed by atoms with Crippen LogP contribution in [0.5, 0.6) is 11.5 Å². The van der Waals surface area contributed by atoms with Crippen molar-refractivity contribution in [2.75, 3.05) is 26.9 Å². The first-order valence-corrected chi connectivity index (χ1v) is 8.18. The van der Waals surface area contributed by atoms with Gasteiger partial charge in [-0.3, -0.25) is 10.1 Å². The molecule has 0 fully saturated rings. The molecule has 0 heterocycles. The predicted octanol–water partition coefficient (Wildman–Crippen LogP) is 2.04. The fourth-order valence-electron chi connectivity index (χ4n) is 1.83. The number of hydrogen-bond acceptors (Lipinski definition) is 6. The molecule has 1 aromatic rings. The summed E-state index contributed by atoms with van der Waals surface area (Å²) < 4.78 is 15.7. The Morgan fingerprint density at radius 2 is 2.00 bits per heavy atom. The molecular weight excluding hydrogens is 340 g/mol. The van der Waals surface area contributed by atoms with Gasteiger partial charge in [0.05, 0.1) is 19.3 Å². The summed E-state index contributed by atoms with van der Waals surface area (Å²) >= 11 is 0. The van der Waals surface area contributed by atoms with Crippen LogP contribution in [0, 0.1) is 0 Å². The van der Waals surface area contributed by atoms with Gasteiger partial charge in [-0.1, -0.05) is 19.4 Å².